The molecule has 3 aromatic carbocycles. The Labute approximate surface area is 143 Å². The van der Waals surface area contributed by atoms with Crippen LogP contribution in [0.4, 0.5) is 0 Å². The fourth-order valence-corrected chi connectivity index (χ4v) is 4.02. The van der Waals surface area contributed by atoms with Gasteiger partial charge in [-0.25, -0.2) is 0 Å². The number of benzene rings is 3. The third-order valence-corrected chi connectivity index (χ3v) is 5.70. The van der Waals surface area contributed by atoms with Crippen LogP contribution >= 0.6 is 22.6 Å². The Morgan fingerprint density at radius 2 is 1.59 bits per heavy atom. The van der Waals surface area contributed by atoms with Crippen LogP contribution in [0.3, 0.4) is 0 Å². The first-order valence-electron chi connectivity index (χ1n) is 6.66. The summed E-state index contributed by atoms with van der Waals surface area (Å²) < 4.78 is 30.9. The van der Waals surface area contributed by atoms with Gasteiger partial charge in [0.1, 0.15) is 4.90 Å². The molecule has 0 saturated heterocycles. The molecule has 0 unspecified atom stereocenters. The van der Waals surface area contributed by atoms with Crippen molar-refractivity contribution >= 4 is 43.5 Å². The van der Waals surface area contributed by atoms with Crippen molar-refractivity contribution in [1.29, 1.82) is 0 Å². The normalized spacial score (nSPS) is 11.5. The Morgan fingerprint density at radius 3 is 2.32 bits per heavy atom. The van der Waals surface area contributed by atoms with Gasteiger partial charge >= 0.3 is 10.1 Å². The van der Waals surface area contributed by atoms with E-state index in [9.17, 15) is 8.42 Å². The van der Waals surface area contributed by atoms with Crippen molar-refractivity contribution < 1.29 is 12.6 Å². The first-order chi connectivity index (χ1) is 10.5. The van der Waals surface area contributed by atoms with Crippen molar-refractivity contribution in [3.8, 4) is 5.75 Å². The molecule has 0 aliphatic heterocycles. The largest absolute Gasteiger partial charge is 0.378 e. The highest BCUT2D eigenvalue weighted by atomic mass is 127. The van der Waals surface area contributed by atoms with Gasteiger partial charge in [-0.3, -0.25) is 0 Å². The lowest BCUT2D eigenvalue weighted by Gasteiger charge is -2.10. The summed E-state index contributed by atoms with van der Waals surface area (Å²) in [6.07, 6.45) is 0. The average molecular weight is 424 g/mol. The molecular weight excluding hydrogens is 411 g/mol. The van der Waals surface area contributed by atoms with E-state index in [1.807, 2.05) is 37.3 Å². The van der Waals surface area contributed by atoms with E-state index < -0.39 is 10.1 Å². The van der Waals surface area contributed by atoms with E-state index in [1.54, 1.807) is 30.3 Å². The highest BCUT2D eigenvalue weighted by Crippen LogP contribution is 2.31. The zero-order valence-electron chi connectivity index (χ0n) is 11.8. The molecule has 22 heavy (non-hydrogen) atoms. The van der Waals surface area contributed by atoms with Crippen molar-refractivity contribution in [2.45, 2.75) is 11.8 Å². The average Bonchev–Trinajstić information content (AvgIpc) is 2.51. The summed E-state index contributed by atoms with van der Waals surface area (Å²) in [7, 11) is -3.83. The number of halogens is 1. The summed E-state index contributed by atoms with van der Waals surface area (Å²) >= 11 is 2.11. The topological polar surface area (TPSA) is 43.4 Å². The second kappa shape index (κ2) is 5.89. The summed E-state index contributed by atoms with van der Waals surface area (Å²) in [5.41, 5.74) is 0.999. The SMILES string of the molecule is Cc1ccc(S(=O)(=O)Oc2ccc3ccccc3c2I)cc1. The minimum absolute atomic E-state index is 0.155. The van der Waals surface area contributed by atoms with Crippen LogP contribution in [0.15, 0.2) is 65.6 Å². The van der Waals surface area contributed by atoms with Gasteiger partial charge in [-0.2, -0.15) is 8.42 Å². The van der Waals surface area contributed by atoms with Gasteiger partial charge in [-0.15, -0.1) is 0 Å². The van der Waals surface area contributed by atoms with E-state index in [4.69, 9.17) is 4.18 Å². The first-order valence-corrected chi connectivity index (χ1v) is 9.14. The number of fused-ring (bicyclic) bond motifs is 1. The Hall–Kier alpha value is -1.60. The second-order valence-corrected chi connectivity index (χ2v) is 7.57. The van der Waals surface area contributed by atoms with Crippen molar-refractivity contribution in [1.82, 2.24) is 0 Å². The van der Waals surface area contributed by atoms with Crippen molar-refractivity contribution in [3.63, 3.8) is 0 Å². The fourth-order valence-electron chi connectivity index (χ4n) is 2.15. The van der Waals surface area contributed by atoms with Gasteiger partial charge in [0.2, 0.25) is 0 Å². The van der Waals surface area contributed by atoms with Gasteiger partial charge in [0, 0.05) is 0 Å². The molecule has 3 nitrogen and oxygen atoms in total. The highest BCUT2D eigenvalue weighted by molar-refractivity contribution is 14.1. The summed E-state index contributed by atoms with van der Waals surface area (Å²) in [6, 6.07) is 18.0. The van der Waals surface area contributed by atoms with Crippen LogP contribution in [0.2, 0.25) is 0 Å². The lowest BCUT2D eigenvalue weighted by Crippen LogP contribution is -2.10. The molecule has 3 aromatic rings. The Balaban J connectivity index is 2.02. The molecular formula is C17H13IO3S. The molecule has 0 atom stereocenters. The van der Waals surface area contributed by atoms with Crippen LogP contribution in [-0.4, -0.2) is 8.42 Å². The Bertz CT molecular complexity index is 932. The summed E-state index contributed by atoms with van der Waals surface area (Å²) in [5.74, 6) is 0.347. The quantitative estimate of drug-likeness (QED) is 0.459. The second-order valence-electron chi connectivity index (χ2n) is 4.95. The van der Waals surface area contributed by atoms with Crippen LogP contribution in [0, 0.1) is 10.5 Å². The lowest BCUT2D eigenvalue weighted by atomic mass is 10.1. The number of aryl methyl sites for hydroxylation is 1. The number of rotatable bonds is 3. The van der Waals surface area contributed by atoms with Crippen LogP contribution in [0.5, 0.6) is 5.75 Å². The minimum Gasteiger partial charge on any atom is -0.378 e. The summed E-state index contributed by atoms with van der Waals surface area (Å²) in [6.45, 7) is 1.91. The molecule has 5 heteroatoms. The molecule has 0 N–H and O–H groups in total. The minimum atomic E-state index is -3.83. The molecule has 0 aliphatic carbocycles. The van der Waals surface area contributed by atoms with Crippen LogP contribution in [-0.2, 0) is 10.1 Å². The lowest BCUT2D eigenvalue weighted by molar-refractivity contribution is 0.485. The standard InChI is InChI=1S/C17H13IO3S/c1-12-6-9-14(10-7-12)22(19,20)21-16-11-8-13-4-2-3-5-15(13)17(16)18/h2-11H,1H3. The zero-order valence-corrected chi connectivity index (χ0v) is 14.8. The molecule has 0 heterocycles. The van der Waals surface area contributed by atoms with Gasteiger partial charge in [0.05, 0.1) is 3.57 Å². The van der Waals surface area contributed by atoms with E-state index in [2.05, 4.69) is 22.6 Å². The Morgan fingerprint density at radius 1 is 0.909 bits per heavy atom. The van der Waals surface area contributed by atoms with Gasteiger partial charge in [0.15, 0.2) is 5.75 Å². The maximum Gasteiger partial charge on any atom is 0.339 e. The smallest absolute Gasteiger partial charge is 0.339 e. The molecule has 3 rings (SSSR count). The number of hydrogen-bond acceptors (Lipinski definition) is 3. The monoisotopic (exact) mass is 424 g/mol. The maximum absolute atomic E-state index is 12.4. The van der Waals surface area contributed by atoms with Crippen molar-refractivity contribution in [2.24, 2.45) is 0 Å². The summed E-state index contributed by atoms with van der Waals surface area (Å²) in [5, 5.41) is 2.02. The molecule has 0 spiro atoms. The van der Waals surface area contributed by atoms with Gasteiger partial charge in [0.25, 0.3) is 0 Å². The van der Waals surface area contributed by atoms with Crippen molar-refractivity contribution in [3.05, 3.63) is 69.8 Å². The van der Waals surface area contributed by atoms with E-state index in [0.717, 1.165) is 19.9 Å². The predicted molar refractivity (Wildman–Crippen MR) is 95.7 cm³/mol. The highest BCUT2D eigenvalue weighted by Gasteiger charge is 2.18. The molecule has 0 bridgehead atoms. The third kappa shape index (κ3) is 2.96. The van der Waals surface area contributed by atoms with Crippen molar-refractivity contribution in [2.75, 3.05) is 0 Å². The summed E-state index contributed by atoms with van der Waals surface area (Å²) in [4.78, 5) is 0.155. The maximum atomic E-state index is 12.4. The molecule has 0 aliphatic rings. The zero-order chi connectivity index (χ0) is 15.7. The predicted octanol–water partition coefficient (Wildman–Crippen LogP) is 4.52. The van der Waals surface area contributed by atoms with Crippen LogP contribution in [0.1, 0.15) is 5.56 Å². The molecule has 0 radical (unpaired) electrons. The molecule has 0 amide bonds. The number of hydrogen-bond donors (Lipinski definition) is 0. The Kier molecular flexibility index (Phi) is 4.10. The molecule has 0 saturated carbocycles. The van der Waals surface area contributed by atoms with E-state index in [-0.39, 0.29) is 4.90 Å². The van der Waals surface area contributed by atoms with Gasteiger partial charge in [-0.1, -0.05) is 48.0 Å². The van der Waals surface area contributed by atoms with Gasteiger partial charge in [-0.05, 0) is 58.5 Å². The third-order valence-electron chi connectivity index (χ3n) is 3.34. The fraction of sp³-hybridized carbons (Fsp3) is 0.0588. The molecule has 0 aromatic heterocycles. The van der Waals surface area contributed by atoms with E-state index >= 15 is 0 Å². The van der Waals surface area contributed by atoms with Gasteiger partial charge < -0.3 is 4.18 Å². The van der Waals surface area contributed by atoms with Crippen LogP contribution < -0.4 is 4.18 Å². The van der Waals surface area contributed by atoms with E-state index in [0.29, 0.717) is 5.75 Å². The molecule has 112 valence electrons. The first kappa shape index (κ1) is 15.3. The molecule has 0 fully saturated rings. The van der Waals surface area contributed by atoms with Crippen LogP contribution in [0.25, 0.3) is 10.8 Å². The van der Waals surface area contributed by atoms with E-state index in [1.165, 1.54) is 0 Å².